The predicted molar refractivity (Wildman–Crippen MR) is 99.1 cm³/mol. The average molecular weight is 377 g/mol. The first-order valence-electron chi connectivity index (χ1n) is 8.74. The summed E-state index contributed by atoms with van der Waals surface area (Å²) < 4.78 is 25.9. The van der Waals surface area contributed by atoms with Gasteiger partial charge in [-0.05, 0) is 12.1 Å². The van der Waals surface area contributed by atoms with Gasteiger partial charge >= 0.3 is 0 Å². The molecule has 2 aromatic rings. The van der Waals surface area contributed by atoms with E-state index < -0.39 is 9.84 Å². The van der Waals surface area contributed by atoms with Gasteiger partial charge in [-0.1, -0.05) is 0 Å². The van der Waals surface area contributed by atoms with Crippen molar-refractivity contribution in [3.63, 3.8) is 0 Å². The molecule has 4 rings (SSSR count). The first kappa shape index (κ1) is 17.2. The van der Waals surface area contributed by atoms with Crippen molar-refractivity contribution in [3.05, 3.63) is 30.7 Å². The van der Waals surface area contributed by atoms with Crippen LogP contribution in [0.4, 0.5) is 11.8 Å². The highest BCUT2D eigenvalue weighted by molar-refractivity contribution is 7.91. The molecule has 0 saturated carbocycles. The van der Waals surface area contributed by atoms with Crippen LogP contribution in [0.5, 0.6) is 0 Å². The number of fused-ring (bicyclic) bond motifs is 1. The van der Waals surface area contributed by atoms with Crippen LogP contribution in [0.15, 0.2) is 30.7 Å². The molecular weight excluding hydrogens is 354 g/mol. The number of nitrogens with one attached hydrogen (secondary N) is 1. The molecule has 0 aromatic carbocycles. The molecule has 0 spiro atoms. The minimum atomic E-state index is -3.00. The molecule has 9 nitrogen and oxygen atoms in total. The second-order valence-corrected chi connectivity index (χ2v) is 8.96. The summed E-state index contributed by atoms with van der Waals surface area (Å²) in [4.78, 5) is 13.2. The van der Waals surface area contributed by atoms with E-state index in [2.05, 4.69) is 20.3 Å². The Bertz CT molecular complexity index is 855. The lowest BCUT2D eigenvalue weighted by Gasteiger charge is -2.38. The monoisotopic (exact) mass is 377 g/mol. The highest BCUT2D eigenvalue weighted by Crippen LogP contribution is 2.26. The zero-order chi connectivity index (χ0) is 18.1. The second-order valence-electron chi connectivity index (χ2n) is 6.80. The van der Waals surface area contributed by atoms with E-state index in [0.29, 0.717) is 5.95 Å². The number of sulfone groups is 1. The number of hydrogen-bond donors (Lipinski definition) is 1. The Kier molecular flexibility index (Phi) is 4.53. The van der Waals surface area contributed by atoms with Crippen molar-refractivity contribution in [2.24, 2.45) is 0 Å². The van der Waals surface area contributed by atoms with Crippen molar-refractivity contribution in [1.82, 2.24) is 25.1 Å². The summed E-state index contributed by atoms with van der Waals surface area (Å²) in [5.41, 5.74) is 0. The summed E-state index contributed by atoms with van der Waals surface area (Å²) in [6, 6.07) is 3.67. The van der Waals surface area contributed by atoms with Gasteiger partial charge in [0.15, 0.2) is 9.84 Å². The van der Waals surface area contributed by atoms with E-state index in [9.17, 15) is 8.42 Å². The van der Waals surface area contributed by atoms with Gasteiger partial charge < -0.3 is 15.1 Å². The number of piperazine rings is 1. The highest BCUT2D eigenvalue weighted by Gasteiger charge is 2.43. The highest BCUT2D eigenvalue weighted by atomic mass is 32.2. The fourth-order valence-electron chi connectivity index (χ4n) is 3.62. The topological polar surface area (TPSA) is 96.3 Å². The standard InChI is InChI=1S/C16H23N7O2S/c1-21(9-10-22-7-2-4-19-22)16-18-5-3-15(20-16)23-8-6-17-13-11-26(24,25)12-14(13)23/h2-5,7,13-14,17H,6,8-12H2,1H3/t13-,14+/m0/s1. The van der Waals surface area contributed by atoms with E-state index in [1.54, 1.807) is 12.4 Å². The predicted octanol–water partition coefficient (Wildman–Crippen LogP) is -0.615. The number of nitrogens with zero attached hydrogens (tertiary/aromatic N) is 6. The van der Waals surface area contributed by atoms with E-state index in [1.807, 2.05) is 35.0 Å². The summed E-state index contributed by atoms with van der Waals surface area (Å²) in [6.07, 6.45) is 5.42. The number of anilines is 2. The zero-order valence-electron chi connectivity index (χ0n) is 14.7. The smallest absolute Gasteiger partial charge is 0.227 e. The molecule has 2 saturated heterocycles. The summed E-state index contributed by atoms with van der Waals surface area (Å²) in [5, 5.41) is 7.53. The second kappa shape index (κ2) is 6.84. The van der Waals surface area contributed by atoms with Crippen LogP contribution in [0, 0.1) is 0 Å². The molecule has 0 aliphatic carbocycles. The maximum absolute atomic E-state index is 12.0. The lowest BCUT2D eigenvalue weighted by molar-refractivity contribution is 0.422. The molecule has 26 heavy (non-hydrogen) atoms. The molecule has 1 N–H and O–H groups in total. The average Bonchev–Trinajstić information content (AvgIpc) is 3.25. The van der Waals surface area contributed by atoms with Crippen LogP contribution >= 0.6 is 0 Å². The molecule has 2 fully saturated rings. The Morgan fingerprint density at radius 2 is 2.23 bits per heavy atom. The molecule has 0 amide bonds. The number of hydrogen-bond acceptors (Lipinski definition) is 8. The Morgan fingerprint density at radius 1 is 1.35 bits per heavy atom. The van der Waals surface area contributed by atoms with Crippen molar-refractivity contribution in [2.75, 3.05) is 48.0 Å². The molecule has 2 aliphatic heterocycles. The summed E-state index contributed by atoms with van der Waals surface area (Å²) >= 11 is 0. The van der Waals surface area contributed by atoms with Gasteiger partial charge in [-0.25, -0.2) is 13.4 Å². The van der Waals surface area contributed by atoms with Crippen molar-refractivity contribution in [1.29, 1.82) is 0 Å². The SMILES string of the molecule is CN(CCn1cccn1)c1nccc(N2CCN[C@H]3CS(=O)(=O)C[C@H]32)n1. The summed E-state index contributed by atoms with van der Waals surface area (Å²) in [5.74, 6) is 1.80. The van der Waals surface area contributed by atoms with Gasteiger partial charge in [0.1, 0.15) is 5.82 Å². The zero-order valence-corrected chi connectivity index (χ0v) is 15.5. The molecule has 0 radical (unpaired) electrons. The number of rotatable bonds is 5. The van der Waals surface area contributed by atoms with Gasteiger partial charge in [0, 0.05) is 51.3 Å². The Morgan fingerprint density at radius 3 is 3.04 bits per heavy atom. The summed E-state index contributed by atoms with van der Waals surface area (Å²) in [7, 11) is -1.05. The third-order valence-electron chi connectivity index (χ3n) is 4.97. The normalized spacial score (nSPS) is 24.4. The molecule has 4 heterocycles. The quantitative estimate of drug-likeness (QED) is 0.737. The van der Waals surface area contributed by atoms with E-state index in [-0.39, 0.29) is 23.6 Å². The Hall–Kier alpha value is -2.20. The molecule has 140 valence electrons. The third kappa shape index (κ3) is 3.51. The van der Waals surface area contributed by atoms with Gasteiger partial charge in [0.05, 0.1) is 24.1 Å². The summed E-state index contributed by atoms with van der Waals surface area (Å²) in [6.45, 7) is 2.97. The molecule has 2 aliphatic rings. The van der Waals surface area contributed by atoms with Crippen LogP contribution < -0.4 is 15.1 Å². The maximum Gasteiger partial charge on any atom is 0.227 e. The van der Waals surface area contributed by atoms with Crippen molar-refractivity contribution < 1.29 is 8.42 Å². The molecule has 10 heteroatoms. The van der Waals surface area contributed by atoms with Crippen LogP contribution in [0.25, 0.3) is 0 Å². The van der Waals surface area contributed by atoms with Gasteiger partial charge in [-0.15, -0.1) is 0 Å². The van der Waals surface area contributed by atoms with Crippen molar-refractivity contribution in [2.45, 2.75) is 18.6 Å². The maximum atomic E-state index is 12.0. The Labute approximate surface area is 153 Å². The first-order valence-corrected chi connectivity index (χ1v) is 10.6. The van der Waals surface area contributed by atoms with Crippen LogP contribution in [0.2, 0.25) is 0 Å². The van der Waals surface area contributed by atoms with E-state index in [4.69, 9.17) is 4.98 Å². The third-order valence-corrected chi connectivity index (χ3v) is 6.69. The minimum Gasteiger partial charge on any atom is -0.350 e. The lowest BCUT2D eigenvalue weighted by atomic mass is 10.1. The molecule has 2 atom stereocenters. The van der Waals surface area contributed by atoms with Crippen LogP contribution in [0.1, 0.15) is 0 Å². The number of aromatic nitrogens is 4. The minimum absolute atomic E-state index is 0.0234. The van der Waals surface area contributed by atoms with Gasteiger partial charge in [0.2, 0.25) is 5.95 Å². The van der Waals surface area contributed by atoms with Crippen LogP contribution in [-0.2, 0) is 16.4 Å². The lowest BCUT2D eigenvalue weighted by Crippen LogP contribution is -2.57. The Balaban J connectivity index is 1.50. The molecular formula is C16H23N7O2S. The van der Waals surface area contributed by atoms with Crippen molar-refractivity contribution in [3.8, 4) is 0 Å². The fraction of sp³-hybridized carbons (Fsp3) is 0.562. The molecule has 2 aromatic heterocycles. The van der Waals surface area contributed by atoms with Crippen LogP contribution in [0.3, 0.4) is 0 Å². The van der Waals surface area contributed by atoms with E-state index in [0.717, 1.165) is 32.0 Å². The van der Waals surface area contributed by atoms with E-state index >= 15 is 0 Å². The fourth-order valence-corrected chi connectivity index (χ4v) is 5.58. The van der Waals surface area contributed by atoms with Gasteiger partial charge in [-0.3, -0.25) is 4.68 Å². The van der Waals surface area contributed by atoms with Gasteiger partial charge in [0.25, 0.3) is 0 Å². The largest absolute Gasteiger partial charge is 0.350 e. The van der Waals surface area contributed by atoms with E-state index in [1.165, 1.54) is 0 Å². The molecule has 0 bridgehead atoms. The molecule has 0 unspecified atom stereocenters. The first-order chi connectivity index (χ1) is 12.5. The van der Waals surface area contributed by atoms with Crippen LogP contribution in [-0.4, -0.2) is 78.4 Å². The van der Waals surface area contributed by atoms with Gasteiger partial charge in [-0.2, -0.15) is 10.1 Å². The number of likely N-dealkylation sites (N-methyl/N-ethyl adjacent to an activating group) is 1. The van der Waals surface area contributed by atoms with Crippen molar-refractivity contribution >= 4 is 21.6 Å².